The summed E-state index contributed by atoms with van der Waals surface area (Å²) >= 11 is 0. The van der Waals surface area contributed by atoms with Gasteiger partial charge in [-0.2, -0.15) is 0 Å². The van der Waals surface area contributed by atoms with Crippen LogP contribution in [-0.4, -0.2) is 30.4 Å². The Labute approximate surface area is 141 Å². The molecule has 2 amide bonds. The van der Waals surface area contributed by atoms with Crippen LogP contribution in [0.4, 0.5) is 0 Å². The van der Waals surface area contributed by atoms with Crippen molar-refractivity contribution in [3.05, 3.63) is 48.0 Å². The molecule has 6 heteroatoms. The Balaban J connectivity index is 2.15. The molecule has 1 aliphatic rings. The molecule has 1 aromatic carbocycles. The van der Waals surface area contributed by atoms with Crippen molar-refractivity contribution in [2.45, 2.75) is 38.3 Å². The number of rotatable bonds is 2. The van der Waals surface area contributed by atoms with Gasteiger partial charge in [-0.3, -0.25) is 9.59 Å². The summed E-state index contributed by atoms with van der Waals surface area (Å²) in [6, 6.07) is 8.22. The number of benzene rings is 1. The second-order valence-electron chi connectivity index (χ2n) is 5.66. The van der Waals surface area contributed by atoms with Crippen molar-refractivity contribution >= 4 is 17.8 Å². The second-order valence-corrected chi connectivity index (χ2v) is 5.66. The molecule has 0 aliphatic carbocycles. The highest BCUT2D eigenvalue weighted by Gasteiger charge is 2.23. The monoisotopic (exact) mass is 330 g/mol. The molecule has 128 valence electrons. The summed E-state index contributed by atoms with van der Waals surface area (Å²) in [4.78, 5) is 35.5. The first-order chi connectivity index (χ1) is 11.6. The minimum absolute atomic E-state index is 0.0222. The van der Waals surface area contributed by atoms with Gasteiger partial charge < -0.3 is 15.4 Å². The van der Waals surface area contributed by atoms with Crippen molar-refractivity contribution in [3.8, 4) is 0 Å². The van der Waals surface area contributed by atoms with Crippen molar-refractivity contribution in [1.82, 2.24) is 10.6 Å². The largest absolute Gasteiger partial charge is 0.462 e. The minimum Gasteiger partial charge on any atom is -0.462 e. The highest BCUT2D eigenvalue weighted by Crippen LogP contribution is 2.15. The third-order valence-electron chi connectivity index (χ3n) is 3.67. The maximum Gasteiger partial charge on any atom is 0.329 e. The van der Waals surface area contributed by atoms with Gasteiger partial charge in [0, 0.05) is 13.3 Å². The van der Waals surface area contributed by atoms with Crippen LogP contribution >= 0.6 is 0 Å². The quantitative estimate of drug-likeness (QED) is 0.638. The molecule has 0 aromatic heterocycles. The fourth-order valence-electron chi connectivity index (χ4n) is 2.46. The molecular weight excluding hydrogens is 308 g/mol. The summed E-state index contributed by atoms with van der Waals surface area (Å²) in [7, 11) is 0. The maximum absolute atomic E-state index is 12.2. The van der Waals surface area contributed by atoms with Crippen LogP contribution in [0.2, 0.25) is 0 Å². The predicted molar refractivity (Wildman–Crippen MR) is 88.9 cm³/mol. The zero-order valence-corrected chi connectivity index (χ0v) is 13.7. The first kappa shape index (κ1) is 17.7. The molecule has 24 heavy (non-hydrogen) atoms. The van der Waals surface area contributed by atoms with Crippen molar-refractivity contribution in [2.75, 3.05) is 6.61 Å². The molecule has 0 saturated heterocycles. The van der Waals surface area contributed by atoms with E-state index in [4.69, 9.17) is 4.74 Å². The van der Waals surface area contributed by atoms with Crippen molar-refractivity contribution < 1.29 is 19.1 Å². The van der Waals surface area contributed by atoms with Crippen LogP contribution in [0.15, 0.2) is 42.5 Å². The number of carbonyl (C=O) groups is 3. The van der Waals surface area contributed by atoms with Gasteiger partial charge in [-0.1, -0.05) is 42.5 Å². The van der Waals surface area contributed by atoms with Crippen LogP contribution in [0.25, 0.3) is 0 Å². The van der Waals surface area contributed by atoms with E-state index < -0.39 is 18.1 Å². The number of amides is 2. The smallest absolute Gasteiger partial charge is 0.329 e. The van der Waals surface area contributed by atoms with Gasteiger partial charge in [-0.05, 0) is 18.4 Å². The highest BCUT2D eigenvalue weighted by molar-refractivity contribution is 5.83. The lowest BCUT2D eigenvalue weighted by Crippen LogP contribution is -2.42. The Bertz CT molecular complexity index is 613. The third kappa shape index (κ3) is 5.53. The zero-order chi connectivity index (χ0) is 17.4. The van der Waals surface area contributed by atoms with E-state index in [0.717, 1.165) is 5.56 Å². The lowest BCUT2D eigenvalue weighted by molar-refractivity contribution is -0.148. The number of hydrogen-bond donors (Lipinski definition) is 2. The fourth-order valence-corrected chi connectivity index (χ4v) is 2.46. The van der Waals surface area contributed by atoms with Crippen LogP contribution in [0, 0.1) is 0 Å². The lowest BCUT2D eigenvalue weighted by Gasteiger charge is -2.22. The molecule has 1 heterocycles. The fraction of sp³-hybridized carbons (Fsp3) is 0.389. The minimum atomic E-state index is -0.717. The SMILES string of the molecule is CC(=O)N[C@@H]1C/C=C/CCC(=O)NC(c2ccccc2)COC1=O. The Kier molecular flexibility index (Phi) is 6.54. The third-order valence-corrected chi connectivity index (χ3v) is 3.67. The van der Waals surface area contributed by atoms with Gasteiger partial charge in [0.2, 0.25) is 11.8 Å². The molecule has 6 nitrogen and oxygen atoms in total. The van der Waals surface area contributed by atoms with Crippen LogP contribution in [0.1, 0.15) is 37.8 Å². The maximum atomic E-state index is 12.2. The molecule has 0 saturated carbocycles. The standard InChI is InChI=1S/C18H22N2O4/c1-13(21)19-15-10-6-3-7-11-17(22)20-16(12-24-18(15)23)14-8-4-2-5-9-14/h2-6,8-9,15-16H,7,10-12H2,1H3,(H,19,21)(H,20,22)/b6-3+/t15-,16?/m1/s1. The molecular formula is C18H22N2O4. The first-order valence-electron chi connectivity index (χ1n) is 7.99. The topological polar surface area (TPSA) is 84.5 Å². The van der Waals surface area contributed by atoms with Gasteiger partial charge in [0.25, 0.3) is 0 Å². The summed E-state index contributed by atoms with van der Waals surface area (Å²) in [6.07, 6.45) is 4.90. The van der Waals surface area contributed by atoms with Gasteiger partial charge in [-0.15, -0.1) is 0 Å². The van der Waals surface area contributed by atoms with Gasteiger partial charge in [0.1, 0.15) is 12.6 Å². The van der Waals surface area contributed by atoms with Crippen LogP contribution < -0.4 is 10.6 Å². The first-order valence-corrected chi connectivity index (χ1v) is 7.99. The van der Waals surface area contributed by atoms with E-state index in [-0.39, 0.29) is 18.4 Å². The average molecular weight is 330 g/mol. The summed E-state index contributed by atoms with van der Waals surface area (Å²) in [5, 5.41) is 5.48. The number of cyclic esters (lactones) is 1. The van der Waals surface area contributed by atoms with Gasteiger partial charge >= 0.3 is 5.97 Å². The van der Waals surface area contributed by atoms with Gasteiger partial charge in [0.15, 0.2) is 0 Å². The van der Waals surface area contributed by atoms with E-state index in [9.17, 15) is 14.4 Å². The number of ether oxygens (including phenoxy) is 1. The molecule has 0 radical (unpaired) electrons. The summed E-state index contributed by atoms with van der Waals surface area (Å²) in [5.74, 6) is -0.889. The van der Waals surface area contributed by atoms with E-state index in [0.29, 0.717) is 19.3 Å². The lowest BCUT2D eigenvalue weighted by atomic mass is 10.1. The Morgan fingerprint density at radius 1 is 1.21 bits per heavy atom. The number of nitrogens with one attached hydrogen (secondary N) is 2. The predicted octanol–water partition coefficient (Wildman–Crippen LogP) is 1.63. The second kappa shape index (κ2) is 8.86. The van der Waals surface area contributed by atoms with Crippen LogP contribution in [-0.2, 0) is 19.1 Å². The summed E-state index contributed by atoms with van der Waals surface area (Å²) in [5.41, 5.74) is 0.863. The Morgan fingerprint density at radius 2 is 1.96 bits per heavy atom. The summed E-state index contributed by atoms with van der Waals surface area (Å²) < 4.78 is 5.34. The number of allylic oxidation sites excluding steroid dienone is 1. The average Bonchev–Trinajstić information content (AvgIpc) is 2.56. The Hall–Kier alpha value is -2.63. The highest BCUT2D eigenvalue weighted by atomic mass is 16.5. The van der Waals surface area contributed by atoms with Crippen LogP contribution in [0.3, 0.4) is 0 Å². The number of carbonyl (C=O) groups excluding carboxylic acids is 3. The van der Waals surface area contributed by atoms with E-state index in [1.165, 1.54) is 6.92 Å². The molecule has 1 aliphatic heterocycles. The van der Waals surface area contributed by atoms with E-state index in [1.54, 1.807) is 6.08 Å². The number of hydrogen-bond acceptors (Lipinski definition) is 4. The molecule has 2 rings (SSSR count). The van der Waals surface area contributed by atoms with Gasteiger partial charge in [0.05, 0.1) is 6.04 Å². The van der Waals surface area contributed by atoms with E-state index in [1.807, 2.05) is 36.4 Å². The Morgan fingerprint density at radius 3 is 2.67 bits per heavy atom. The zero-order valence-electron chi connectivity index (χ0n) is 13.7. The molecule has 1 aromatic rings. The van der Waals surface area contributed by atoms with Crippen LogP contribution in [0.5, 0.6) is 0 Å². The van der Waals surface area contributed by atoms with Crippen molar-refractivity contribution in [3.63, 3.8) is 0 Å². The van der Waals surface area contributed by atoms with Crippen molar-refractivity contribution in [2.24, 2.45) is 0 Å². The van der Waals surface area contributed by atoms with E-state index >= 15 is 0 Å². The molecule has 2 N–H and O–H groups in total. The number of esters is 1. The molecule has 2 atom stereocenters. The van der Waals surface area contributed by atoms with Crippen molar-refractivity contribution in [1.29, 1.82) is 0 Å². The van der Waals surface area contributed by atoms with Gasteiger partial charge in [-0.25, -0.2) is 4.79 Å². The molecule has 0 spiro atoms. The normalized spacial score (nSPS) is 23.9. The summed E-state index contributed by atoms with van der Waals surface area (Å²) in [6.45, 7) is 1.38. The molecule has 0 bridgehead atoms. The molecule has 1 unspecified atom stereocenters. The van der Waals surface area contributed by atoms with E-state index in [2.05, 4.69) is 10.6 Å². The molecule has 0 fully saturated rings.